The van der Waals surface area contributed by atoms with Gasteiger partial charge in [-0.3, -0.25) is 4.79 Å². The number of aliphatic hydroxyl groups is 1. The highest BCUT2D eigenvalue weighted by Crippen LogP contribution is 2.47. The highest BCUT2D eigenvalue weighted by molar-refractivity contribution is 5.69. The monoisotopic (exact) mass is 198 g/mol. The Balaban J connectivity index is 2.70. The molecular formula is C11H18O3. The Morgan fingerprint density at radius 3 is 2.93 bits per heavy atom. The number of ether oxygens (including phenoxy) is 1. The third-order valence-corrected chi connectivity index (χ3v) is 3.47. The van der Waals surface area contributed by atoms with Gasteiger partial charge in [0.2, 0.25) is 0 Å². The molecule has 0 radical (unpaired) electrons. The van der Waals surface area contributed by atoms with E-state index in [2.05, 4.69) is 11.3 Å². The van der Waals surface area contributed by atoms with Gasteiger partial charge in [0, 0.05) is 11.8 Å². The van der Waals surface area contributed by atoms with Crippen LogP contribution >= 0.6 is 0 Å². The zero-order chi connectivity index (χ0) is 10.8. The average molecular weight is 198 g/mol. The molecule has 1 aliphatic carbocycles. The molecule has 0 aromatic carbocycles. The fraction of sp³-hybridized carbons (Fsp3) is 0.727. The fourth-order valence-corrected chi connectivity index (χ4v) is 2.09. The minimum atomic E-state index is -0.297. The molecule has 0 aromatic heterocycles. The van der Waals surface area contributed by atoms with Gasteiger partial charge >= 0.3 is 5.97 Å². The zero-order valence-electron chi connectivity index (χ0n) is 8.88. The molecule has 14 heavy (non-hydrogen) atoms. The fourth-order valence-electron chi connectivity index (χ4n) is 2.09. The summed E-state index contributed by atoms with van der Waals surface area (Å²) in [4.78, 5) is 11.1. The minimum absolute atomic E-state index is 0.0630. The summed E-state index contributed by atoms with van der Waals surface area (Å²) in [6, 6.07) is 0. The Hall–Kier alpha value is -0.830. The van der Waals surface area contributed by atoms with Crippen molar-refractivity contribution >= 4 is 5.97 Å². The lowest BCUT2D eigenvalue weighted by Crippen LogP contribution is -2.29. The smallest absolute Gasteiger partial charge is 0.305 e. The molecule has 0 bridgehead atoms. The standard InChI is InChI=1S/C11H18O3/c1-8-4-5-9(6-10(13)14-3)11(8,2)7-12/h9,12H,1,4-7H2,2-3H3/t9-,11+/m0/s1. The molecule has 0 amide bonds. The van der Waals surface area contributed by atoms with Gasteiger partial charge in [-0.05, 0) is 18.8 Å². The molecule has 0 unspecified atom stereocenters. The molecule has 0 heterocycles. The van der Waals surface area contributed by atoms with Gasteiger partial charge in [0.25, 0.3) is 0 Å². The van der Waals surface area contributed by atoms with Crippen LogP contribution in [0.3, 0.4) is 0 Å². The number of carbonyl (C=O) groups excluding carboxylic acids is 1. The number of carbonyl (C=O) groups is 1. The van der Waals surface area contributed by atoms with Gasteiger partial charge in [-0.15, -0.1) is 0 Å². The summed E-state index contributed by atoms with van der Waals surface area (Å²) >= 11 is 0. The second-order valence-electron chi connectivity index (χ2n) is 4.19. The van der Waals surface area contributed by atoms with E-state index >= 15 is 0 Å². The van der Waals surface area contributed by atoms with Crippen LogP contribution in [0.4, 0.5) is 0 Å². The van der Waals surface area contributed by atoms with Crippen molar-refractivity contribution in [2.24, 2.45) is 11.3 Å². The van der Waals surface area contributed by atoms with Crippen LogP contribution in [-0.4, -0.2) is 24.8 Å². The van der Waals surface area contributed by atoms with E-state index in [-0.39, 0.29) is 23.9 Å². The van der Waals surface area contributed by atoms with Gasteiger partial charge in [-0.1, -0.05) is 19.1 Å². The topological polar surface area (TPSA) is 46.5 Å². The van der Waals surface area contributed by atoms with Crippen molar-refractivity contribution in [3.05, 3.63) is 12.2 Å². The van der Waals surface area contributed by atoms with E-state index in [1.807, 2.05) is 6.92 Å². The van der Waals surface area contributed by atoms with Crippen molar-refractivity contribution in [3.8, 4) is 0 Å². The summed E-state index contributed by atoms with van der Waals surface area (Å²) in [5.74, 6) is -0.0307. The molecule has 0 saturated heterocycles. The number of methoxy groups -OCH3 is 1. The van der Waals surface area contributed by atoms with E-state index in [1.165, 1.54) is 7.11 Å². The van der Waals surface area contributed by atoms with Crippen molar-refractivity contribution in [2.45, 2.75) is 26.2 Å². The van der Waals surface area contributed by atoms with E-state index in [9.17, 15) is 9.90 Å². The third-order valence-electron chi connectivity index (χ3n) is 3.47. The van der Waals surface area contributed by atoms with Crippen LogP contribution in [0.25, 0.3) is 0 Å². The minimum Gasteiger partial charge on any atom is -0.469 e. The molecule has 3 nitrogen and oxygen atoms in total. The van der Waals surface area contributed by atoms with Gasteiger partial charge in [0.05, 0.1) is 13.7 Å². The Morgan fingerprint density at radius 1 is 1.79 bits per heavy atom. The van der Waals surface area contributed by atoms with Crippen molar-refractivity contribution in [3.63, 3.8) is 0 Å². The molecule has 3 heteroatoms. The van der Waals surface area contributed by atoms with E-state index < -0.39 is 0 Å². The van der Waals surface area contributed by atoms with E-state index in [1.54, 1.807) is 0 Å². The normalized spacial score (nSPS) is 31.9. The van der Waals surface area contributed by atoms with E-state index in [4.69, 9.17) is 0 Å². The maximum Gasteiger partial charge on any atom is 0.305 e. The maximum absolute atomic E-state index is 11.1. The first-order chi connectivity index (χ1) is 6.54. The second kappa shape index (κ2) is 4.13. The van der Waals surface area contributed by atoms with Crippen LogP contribution in [0.5, 0.6) is 0 Å². The molecule has 1 saturated carbocycles. The Labute approximate surface area is 84.8 Å². The Morgan fingerprint density at radius 2 is 2.43 bits per heavy atom. The van der Waals surface area contributed by atoms with Crippen LogP contribution in [0.1, 0.15) is 26.2 Å². The number of aliphatic hydroxyl groups excluding tert-OH is 1. The molecule has 80 valence electrons. The van der Waals surface area contributed by atoms with E-state index in [0.29, 0.717) is 6.42 Å². The lowest BCUT2D eigenvalue weighted by atomic mass is 9.77. The summed E-state index contributed by atoms with van der Waals surface area (Å²) in [7, 11) is 1.39. The van der Waals surface area contributed by atoms with Crippen LogP contribution in [-0.2, 0) is 9.53 Å². The van der Waals surface area contributed by atoms with Crippen molar-refractivity contribution in [1.82, 2.24) is 0 Å². The lowest BCUT2D eigenvalue weighted by Gasteiger charge is -2.29. The first-order valence-electron chi connectivity index (χ1n) is 4.90. The van der Waals surface area contributed by atoms with Gasteiger partial charge in [0.15, 0.2) is 0 Å². The molecule has 0 aromatic rings. The average Bonchev–Trinajstić information content (AvgIpc) is 2.46. The van der Waals surface area contributed by atoms with Crippen LogP contribution < -0.4 is 0 Å². The summed E-state index contributed by atoms with van der Waals surface area (Å²) < 4.78 is 4.63. The summed E-state index contributed by atoms with van der Waals surface area (Å²) in [6.07, 6.45) is 2.20. The van der Waals surface area contributed by atoms with Gasteiger partial charge in [0.1, 0.15) is 0 Å². The third kappa shape index (κ3) is 1.82. The molecule has 0 spiro atoms. The molecule has 1 N–H and O–H groups in total. The van der Waals surface area contributed by atoms with Crippen LogP contribution in [0, 0.1) is 11.3 Å². The molecule has 2 atom stereocenters. The molecular weight excluding hydrogens is 180 g/mol. The quantitative estimate of drug-likeness (QED) is 0.552. The van der Waals surface area contributed by atoms with Crippen molar-refractivity contribution in [1.29, 1.82) is 0 Å². The molecule has 0 aliphatic heterocycles. The Bertz CT molecular complexity index is 247. The second-order valence-corrected chi connectivity index (χ2v) is 4.19. The number of rotatable bonds is 3. The van der Waals surface area contributed by atoms with E-state index in [0.717, 1.165) is 18.4 Å². The first-order valence-corrected chi connectivity index (χ1v) is 4.90. The number of hydrogen-bond donors (Lipinski definition) is 1. The largest absolute Gasteiger partial charge is 0.469 e. The number of esters is 1. The van der Waals surface area contributed by atoms with Crippen molar-refractivity contribution < 1.29 is 14.6 Å². The highest BCUT2D eigenvalue weighted by Gasteiger charge is 2.42. The van der Waals surface area contributed by atoms with Gasteiger partial charge in [-0.25, -0.2) is 0 Å². The SMILES string of the molecule is C=C1CC[C@@H](CC(=O)OC)[C@]1(C)CO. The molecule has 1 rings (SSSR count). The summed E-state index contributed by atoms with van der Waals surface area (Å²) in [6.45, 7) is 5.98. The van der Waals surface area contributed by atoms with Gasteiger partial charge < -0.3 is 9.84 Å². The molecule has 1 aliphatic rings. The van der Waals surface area contributed by atoms with Crippen LogP contribution in [0.2, 0.25) is 0 Å². The Kier molecular flexibility index (Phi) is 3.32. The summed E-state index contributed by atoms with van der Waals surface area (Å²) in [5, 5.41) is 9.34. The number of hydrogen-bond acceptors (Lipinski definition) is 3. The predicted octanol–water partition coefficient (Wildman–Crippen LogP) is 1.51. The van der Waals surface area contributed by atoms with Gasteiger partial charge in [-0.2, -0.15) is 0 Å². The highest BCUT2D eigenvalue weighted by atomic mass is 16.5. The lowest BCUT2D eigenvalue weighted by molar-refractivity contribution is -0.142. The zero-order valence-corrected chi connectivity index (χ0v) is 8.88. The molecule has 1 fully saturated rings. The van der Waals surface area contributed by atoms with Crippen LogP contribution in [0.15, 0.2) is 12.2 Å². The predicted molar refractivity (Wildman–Crippen MR) is 53.7 cm³/mol. The maximum atomic E-state index is 11.1. The first kappa shape index (κ1) is 11.2. The summed E-state index contributed by atoms with van der Waals surface area (Å²) in [5.41, 5.74) is 0.752. The van der Waals surface area contributed by atoms with Crippen molar-refractivity contribution in [2.75, 3.05) is 13.7 Å².